The molecule has 1 aromatic rings. The van der Waals surface area contributed by atoms with Crippen molar-refractivity contribution in [2.75, 3.05) is 11.9 Å². The number of benzene rings is 1. The van der Waals surface area contributed by atoms with E-state index in [0.717, 1.165) is 11.3 Å². The Hall–Kier alpha value is -1.90. The van der Waals surface area contributed by atoms with Gasteiger partial charge in [0.05, 0.1) is 11.3 Å². The molecule has 1 aliphatic heterocycles. The van der Waals surface area contributed by atoms with Gasteiger partial charge in [-0.3, -0.25) is 9.59 Å². The Morgan fingerprint density at radius 2 is 2.05 bits per heavy atom. The van der Waals surface area contributed by atoms with Crippen LogP contribution in [0.25, 0.3) is 0 Å². The van der Waals surface area contributed by atoms with Gasteiger partial charge in [0.25, 0.3) is 0 Å². The third-order valence-corrected chi connectivity index (χ3v) is 4.90. The molecule has 1 aromatic carbocycles. The van der Waals surface area contributed by atoms with Crippen LogP contribution in [0.2, 0.25) is 0 Å². The van der Waals surface area contributed by atoms with Crippen LogP contribution in [0.1, 0.15) is 32.3 Å². The summed E-state index contributed by atoms with van der Waals surface area (Å²) in [5, 5.41) is 0. The lowest BCUT2D eigenvalue weighted by Crippen LogP contribution is -2.55. The van der Waals surface area contributed by atoms with Gasteiger partial charge >= 0.3 is 0 Å². The molecule has 1 aliphatic carbocycles. The first-order valence-corrected chi connectivity index (χ1v) is 7.02. The molecule has 1 amide bonds. The van der Waals surface area contributed by atoms with Crippen LogP contribution in [-0.4, -0.2) is 18.7 Å². The number of hydrogen-bond donors (Lipinski definition) is 0. The fourth-order valence-electron chi connectivity index (χ4n) is 3.73. The van der Waals surface area contributed by atoms with E-state index in [1.54, 1.807) is 18.9 Å². The van der Waals surface area contributed by atoms with Gasteiger partial charge in [-0.25, -0.2) is 0 Å². The molecule has 1 heterocycles. The Balaban J connectivity index is 2.31. The molecule has 0 radical (unpaired) electrons. The lowest BCUT2D eigenvalue weighted by molar-refractivity contribution is -0.134. The number of anilines is 1. The highest BCUT2D eigenvalue weighted by Crippen LogP contribution is 2.50. The summed E-state index contributed by atoms with van der Waals surface area (Å²) < 4.78 is 0. The van der Waals surface area contributed by atoms with Crippen LogP contribution < -0.4 is 4.90 Å². The average molecular weight is 269 g/mol. The van der Waals surface area contributed by atoms with Crippen molar-refractivity contribution in [3.05, 3.63) is 41.5 Å². The Bertz CT molecular complexity index is 632. The SMILES string of the molecule is CC(=O)[C@@]12CC=C(C)C[C@@H]1C(=O)N(C)c1ccccc12. The molecule has 0 spiro atoms. The normalized spacial score (nSPS) is 28.6. The molecule has 20 heavy (non-hydrogen) atoms. The van der Waals surface area contributed by atoms with E-state index in [0.29, 0.717) is 12.8 Å². The first-order valence-electron chi connectivity index (χ1n) is 7.02. The standard InChI is InChI=1S/C17H19NO2/c1-11-8-9-17(12(2)19)13-6-4-5-7-15(13)18(3)16(20)14(17)10-11/h4-8,14H,9-10H2,1-3H3/t14-,17-/m1/s1. The lowest BCUT2D eigenvalue weighted by atomic mass is 9.59. The van der Waals surface area contributed by atoms with Gasteiger partial charge in [0, 0.05) is 12.7 Å². The van der Waals surface area contributed by atoms with Crippen LogP contribution in [0.15, 0.2) is 35.9 Å². The molecule has 2 aliphatic rings. The van der Waals surface area contributed by atoms with Gasteiger partial charge in [-0.05, 0) is 38.3 Å². The van der Waals surface area contributed by atoms with Gasteiger partial charge in [-0.15, -0.1) is 0 Å². The van der Waals surface area contributed by atoms with E-state index in [-0.39, 0.29) is 17.6 Å². The number of carbonyl (C=O) groups excluding carboxylic acids is 2. The Morgan fingerprint density at radius 3 is 2.75 bits per heavy atom. The number of para-hydroxylation sites is 1. The van der Waals surface area contributed by atoms with E-state index in [1.807, 2.05) is 31.2 Å². The molecule has 0 N–H and O–H groups in total. The minimum atomic E-state index is -0.667. The van der Waals surface area contributed by atoms with Gasteiger partial charge in [0.15, 0.2) is 0 Å². The lowest BCUT2D eigenvalue weighted by Gasteiger charge is -2.47. The van der Waals surface area contributed by atoms with Crippen molar-refractivity contribution in [1.82, 2.24) is 0 Å². The summed E-state index contributed by atoms with van der Waals surface area (Å²) in [6.45, 7) is 3.66. The van der Waals surface area contributed by atoms with Crippen molar-refractivity contribution in [2.24, 2.45) is 5.92 Å². The Kier molecular flexibility index (Phi) is 2.82. The molecular weight excluding hydrogens is 250 g/mol. The van der Waals surface area contributed by atoms with Crippen molar-refractivity contribution in [1.29, 1.82) is 0 Å². The molecule has 3 rings (SSSR count). The number of hydrogen-bond acceptors (Lipinski definition) is 2. The maximum Gasteiger partial charge on any atom is 0.231 e. The number of nitrogens with zero attached hydrogens (tertiary/aromatic N) is 1. The third kappa shape index (κ3) is 1.52. The highest BCUT2D eigenvalue weighted by molar-refractivity contribution is 6.07. The fourth-order valence-corrected chi connectivity index (χ4v) is 3.73. The number of ketones is 1. The highest BCUT2D eigenvalue weighted by atomic mass is 16.2. The molecular formula is C17H19NO2. The minimum Gasteiger partial charge on any atom is -0.315 e. The van der Waals surface area contributed by atoms with E-state index in [2.05, 4.69) is 6.08 Å². The van der Waals surface area contributed by atoms with E-state index in [9.17, 15) is 9.59 Å². The first-order chi connectivity index (χ1) is 9.48. The van der Waals surface area contributed by atoms with Gasteiger partial charge in [0.2, 0.25) is 5.91 Å². The maximum atomic E-state index is 12.7. The molecule has 3 nitrogen and oxygen atoms in total. The van der Waals surface area contributed by atoms with E-state index < -0.39 is 5.41 Å². The van der Waals surface area contributed by atoms with Crippen molar-refractivity contribution in [2.45, 2.75) is 32.1 Å². The van der Waals surface area contributed by atoms with Crippen molar-refractivity contribution >= 4 is 17.4 Å². The van der Waals surface area contributed by atoms with Crippen molar-refractivity contribution in [3.8, 4) is 0 Å². The number of Topliss-reactive ketones (excluding diaryl/α,β-unsaturated/α-hetero) is 1. The third-order valence-electron chi connectivity index (χ3n) is 4.90. The highest BCUT2D eigenvalue weighted by Gasteiger charge is 2.54. The van der Waals surface area contributed by atoms with E-state index in [4.69, 9.17) is 0 Å². The van der Waals surface area contributed by atoms with Gasteiger partial charge in [-0.2, -0.15) is 0 Å². The summed E-state index contributed by atoms with van der Waals surface area (Å²) in [6.07, 6.45) is 3.43. The molecule has 0 saturated heterocycles. The number of amides is 1. The molecule has 0 unspecified atom stereocenters. The summed E-state index contributed by atoms with van der Waals surface area (Å²) in [5.41, 5.74) is 2.41. The quantitative estimate of drug-likeness (QED) is 0.735. The molecule has 0 saturated carbocycles. The van der Waals surface area contributed by atoms with Gasteiger partial charge < -0.3 is 4.90 Å². The van der Waals surface area contributed by atoms with Gasteiger partial charge in [-0.1, -0.05) is 29.8 Å². The van der Waals surface area contributed by atoms with Crippen LogP contribution in [0.5, 0.6) is 0 Å². The predicted octanol–water partition coefficient (Wildman–Crippen LogP) is 2.85. The molecule has 0 bridgehead atoms. The molecule has 0 fully saturated rings. The summed E-state index contributed by atoms with van der Waals surface area (Å²) in [5.74, 6) is -0.101. The average Bonchev–Trinajstić information content (AvgIpc) is 2.44. The molecule has 2 atom stereocenters. The first kappa shape index (κ1) is 13.1. The zero-order valence-corrected chi connectivity index (χ0v) is 12.1. The van der Waals surface area contributed by atoms with Crippen LogP contribution in [0, 0.1) is 5.92 Å². The van der Waals surface area contributed by atoms with Crippen molar-refractivity contribution in [3.63, 3.8) is 0 Å². The Labute approximate surface area is 119 Å². The second-order valence-corrected chi connectivity index (χ2v) is 5.95. The maximum absolute atomic E-state index is 12.7. The van der Waals surface area contributed by atoms with Crippen LogP contribution in [0.3, 0.4) is 0 Å². The number of rotatable bonds is 1. The zero-order valence-electron chi connectivity index (χ0n) is 12.1. The number of carbonyl (C=O) groups is 2. The number of fused-ring (bicyclic) bond motifs is 3. The van der Waals surface area contributed by atoms with Gasteiger partial charge in [0.1, 0.15) is 5.78 Å². The van der Waals surface area contributed by atoms with Crippen LogP contribution in [0.4, 0.5) is 5.69 Å². The topological polar surface area (TPSA) is 37.4 Å². The molecule has 0 aromatic heterocycles. The molecule has 104 valence electrons. The largest absolute Gasteiger partial charge is 0.315 e. The summed E-state index contributed by atoms with van der Waals surface area (Å²) in [6, 6.07) is 7.80. The summed E-state index contributed by atoms with van der Waals surface area (Å²) in [4.78, 5) is 26.9. The predicted molar refractivity (Wildman–Crippen MR) is 78.7 cm³/mol. The monoisotopic (exact) mass is 269 g/mol. The smallest absolute Gasteiger partial charge is 0.231 e. The Morgan fingerprint density at radius 1 is 1.35 bits per heavy atom. The molecule has 3 heteroatoms. The summed E-state index contributed by atoms with van der Waals surface area (Å²) >= 11 is 0. The number of allylic oxidation sites excluding steroid dienone is 2. The second kappa shape index (κ2) is 4.30. The fraction of sp³-hybridized carbons (Fsp3) is 0.412. The summed E-state index contributed by atoms with van der Waals surface area (Å²) in [7, 11) is 1.80. The zero-order chi connectivity index (χ0) is 14.5. The van der Waals surface area contributed by atoms with E-state index in [1.165, 1.54) is 5.57 Å². The van der Waals surface area contributed by atoms with E-state index >= 15 is 0 Å². The van der Waals surface area contributed by atoms with Crippen LogP contribution in [-0.2, 0) is 15.0 Å². The minimum absolute atomic E-state index is 0.0614. The van der Waals surface area contributed by atoms with Crippen LogP contribution >= 0.6 is 0 Å². The second-order valence-electron chi connectivity index (χ2n) is 5.95. The van der Waals surface area contributed by atoms with Crippen molar-refractivity contribution < 1.29 is 9.59 Å².